The van der Waals surface area contributed by atoms with Gasteiger partial charge in [-0.05, 0) is 24.3 Å². The van der Waals surface area contributed by atoms with Gasteiger partial charge in [-0.1, -0.05) is 17.7 Å². The van der Waals surface area contributed by atoms with Crippen molar-refractivity contribution in [3.63, 3.8) is 0 Å². The third-order valence-corrected chi connectivity index (χ3v) is 2.48. The second-order valence-electron chi connectivity index (χ2n) is 3.47. The average Bonchev–Trinajstić information content (AvgIpc) is 2.34. The van der Waals surface area contributed by atoms with Crippen LogP contribution in [0.25, 0.3) is 0 Å². The summed E-state index contributed by atoms with van der Waals surface area (Å²) in [5.74, 6) is -0.326. The number of benzene rings is 1. The zero-order valence-electron chi connectivity index (χ0n) is 9.11. The fraction of sp³-hybridized carbons (Fsp3) is 0. The van der Waals surface area contributed by atoms with E-state index < -0.39 is 5.82 Å². The largest absolute Gasteiger partial charge is 0.396 e. The van der Waals surface area contributed by atoms with Crippen LogP contribution >= 0.6 is 11.6 Å². The molecule has 0 fully saturated rings. The highest BCUT2D eigenvalue weighted by Crippen LogP contribution is 2.26. The Hall–Kier alpha value is -2.32. The molecular formula is C12H8ClFN4. The zero-order chi connectivity index (χ0) is 13.1. The number of nitriles is 1. The first-order valence-electron chi connectivity index (χ1n) is 4.99. The maximum Gasteiger partial charge on any atom is 0.155 e. The molecule has 0 bridgehead atoms. The van der Waals surface area contributed by atoms with Crippen LogP contribution in [0, 0.1) is 17.1 Å². The highest BCUT2D eigenvalue weighted by Gasteiger charge is 2.10. The first-order valence-corrected chi connectivity index (χ1v) is 5.37. The highest BCUT2D eigenvalue weighted by atomic mass is 35.5. The molecule has 0 saturated carbocycles. The lowest BCUT2D eigenvalue weighted by molar-refractivity contribution is 0.624. The van der Waals surface area contributed by atoms with E-state index in [-0.39, 0.29) is 16.5 Å². The third-order valence-electron chi connectivity index (χ3n) is 2.27. The maximum atomic E-state index is 13.4. The van der Waals surface area contributed by atoms with E-state index in [1.807, 2.05) is 0 Å². The van der Waals surface area contributed by atoms with E-state index in [2.05, 4.69) is 10.3 Å². The first-order chi connectivity index (χ1) is 8.61. The Morgan fingerprint density at radius 2 is 2.11 bits per heavy atom. The molecule has 0 aliphatic carbocycles. The second kappa shape index (κ2) is 4.90. The number of nitrogens with two attached hydrogens (primary N) is 1. The van der Waals surface area contributed by atoms with Crippen LogP contribution in [-0.2, 0) is 0 Å². The van der Waals surface area contributed by atoms with Gasteiger partial charge in [0.25, 0.3) is 0 Å². The van der Waals surface area contributed by atoms with Crippen LogP contribution in [0.2, 0.25) is 5.15 Å². The predicted molar refractivity (Wildman–Crippen MR) is 68.1 cm³/mol. The van der Waals surface area contributed by atoms with Gasteiger partial charge in [0.05, 0.1) is 11.4 Å². The molecule has 2 rings (SSSR count). The Labute approximate surface area is 108 Å². The van der Waals surface area contributed by atoms with E-state index >= 15 is 0 Å². The van der Waals surface area contributed by atoms with Crippen molar-refractivity contribution >= 4 is 28.8 Å². The Morgan fingerprint density at radius 1 is 1.33 bits per heavy atom. The summed E-state index contributed by atoms with van der Waals surface area (Å²) in [6.45, 7) is 0. The van der Waals surface area contributed by atoms with Crippen LogP contribution in [0.5, 0.6) is 0 Å². The second-order valence-corrected chi connectivity index (χ2v) is 3.86. The molecule has 90 valence electrons. The fourth-order valence-corrected chi connectivity index (χ4v) is 1.56. The quantitative estimate of drug-likeness (QED) is 0.816. The number of rotatable bonds is 2. The molecule has 0 aliphatic heterocycles. The highest BCUT2D eigenvalue weighted by molar-refractivity contribution is 6.29. The molecule has 0 amide bonds. The minimum atomic E-state index is -0.608. The van der Waals surface area contributed by atoms with E-state index in [1.54, 1.807) is 24.3 Å². The summed E-state index contributed by atoms with van der Waals surface area (Å²) in [7, 11) is 0. The standard InChI is InChI=1S/C12H8ClFN4/c13-11-5-4-9(16)12(18-11)17-10-3-1-2-8(14)7(10)6-15/h1-5H,16H2,(H,17,18). The molecule has 0 saturated heterocycles. The van der Waals surface area contributed by atoms with Crippen LogP contribution < -0.4 is 11.1 Å². The summed E-state index contributed by atoms with van der Waals surface area (Å²) >= 11 is 5.74. The summed E-state index contributed by atoms with van der Waals surface area (Å²) in [6, 6.07) is 9.14. The number of aromatic nitrogens is 1. The van der Waals surface area contributed by atoms with Gasteiger partial charge in [-0.2, -0.15) is 5.26 Å². The summed E-state index contributed by atoms with van der Waals surface area (Å²) in [4.78, 5) is 3.97. The Bertz CT molecular complexity index is 636. The van der Waals surface area contributed by atoms with Gasteiger partial charge in [-0.25, -0.2) is 9.37 Å². The van der Waals surface area contributed by atoms with Gasteiger partial charge in [0, 0.05) is 0 Å². The van der Waals surface area contributed by atoms with Gasteiger partial charge < -0.3 is 11.1 Å². The lowest BCUT2D eigenvalue weighted by Gasteiger charge is -2.10. The molecule has 0 spiro atoms. The monoisotopic (exact) mass is 262 g/mol. The zero-order valence-corrected chi connectivity index (χ0v) is 9.87. The number of nitrogens with one attached hydrogen (secondary N) is 1. The van der Waals surface area contributed by atoms with Gasteiger partial charge in [-0.15, -0.1) is 0 Å². The molecule has 0 radical (unpaired) electrons. The molecule has 6 heteroatoms. The molecule has 0 atom stereocenters. The SMILES string of the molecule is N#Cc1c(F)cccc1Nc1nc(Cl)ccc1N. The molecule has 2 aromatic rings. The van der Waals surface area contributed by atoms with Crippen LogP contribution in [0.4, 0.5) is 21.6 Å². The Balaban J connectivity index is 2.44. The van der Waals surface area contributed by atoms with Crippen LogP contribution in [0.3, 0.4) is 0 Å². The van der Waals surface area contributed by atoms with Crippen molar-refractivity contribution in [2.75, 3.05) is 11.1 Å². The molecule has 1 aromatic carbocycles. The number of nitrogens with zero attached hydrogens (tertiary/aromatic N) is 2. The summed E-state index contributed by atoms with van der Waals surface area (Å²) in [6.07, 6.45) is 0. The van der Waals surface area contributed by atoms with Gasteiger partial charge in [0.15, 0.2) is 5.82 Å². The van der Waals surface area contributed by atoms with Gasteiger partial charge in [0.1, 0.15) is 22.6 Å². The average molecular weight is 263 g/mol. The fourth-order valence-electron chi connectivity index (χ4n) is 1.42. The van der Waals surface area contributed by atoms with Crippen molar-refractivity contribution < 1.29 is 4.39 Å². The van der Waals surface area contributed by atoms with Crippen molar-refractivity contribution in [2.24, 2.45) is 0 Å². The Kier molecular flexibility index (Phi) is 3.31. The Morgan fingerprint density at radius 3 is 2.83 bits per heavy atom. The smallest absolute Gasteiger partial charge is 0.155 e. The number of hydrogen-bond acceptors (Lipinski definition) is 4. The lowest BCUT2D eigenvalue weighted by atomic mass is 10.2. The summed E-state index contributed by atoms with van der Waals surface area (Å²) in [5, 5.41) is 11.9. The summed E-state index contributed by atoms with van der Waals surface area (Å²) in [5.41, 5.74) is 6.25. The third kappa shape index (κ3) is 2.34. The van der Waals surface area contributed by atoms with Crippen molar-refractivity contribution in [3.8, 4) is 6.07 Å². The van der Waals surface area contributed by atoms with Gasteiger partial charge in [-0.3, -0.25) is 0 Å². The van der Waals surface area contributed by atoms with E-state index in [1.165, 1.54) is 12.1 Å². The minimum absolute atomic E-state index is 0.0984. The number of pyridine rings is 1. The van der Waals surface area contributed by atoms with E-state index in [4.69, 9.17) is 22.6 Å². The van der Waals surface area contributed by atoms with Crippen LogP contribution in [0.1, 0.15) is 5.56 Å². The number of halogens is 2. The first kappa shape index (κ1) is 12.1. The molecule has 1 aromatic heterocycles. The van der Waals surface area contributed by atoms with E-state index in [0.717, 1.165) is 0 Å². The molecular weight excluding hydrogens is 255 g/mol. The van der Waals surface area contributed by atoms with Crippen molar-refractivity contribution in [1.29, 1.82) is 5.26 Å². The minimum Gasteiger partial charge on any atom is -0.396 e. The number of hydrogen-bond donors (Lipinski definition) is 2. The summed E-state index contributed by atoms with van der Waals surface area (Å²) < 4.78 is 13.4. The van der Waals surface area contributed by atoms with Gasteiger partial charge in [0.2, 0.25) is 0 Å². The van der Waals surface area contributed by atoms with Crippen molar-refractivity contribution in [1.82, 2.24) is 4.98 Å². The van der Waals surface area contributed by atoms with Gasteiger partial charge >= 0.3 is 0 Å². The molecule has 4 nitrogen and oxygen atoms in total. The normalized spacial score (nSPS) is 9.83. The molecule has 18 heavy (non-hydrogen) atoms. The molecule has 3 N–H and O–H groups in total. The molecule has 0 unspecified atom stereocenters. The van der Waals surface area contributed by atoms with Crippen molar-refractivity contribution in [2.45, 2.75) is 0 Å². The van der Waals surface area contributed by atoms with E-state index in [9.17, 15) is 4.39 Å². The topological polar surface area (TPSA) is 74.7 Å². The van der Waals surface area contributed by atoms with Crippen LogP contribution in [-0.4, -0.2) is 4.98 Å². The van der Waals surface area contributed by atoms with E-state index in [0.29, 0.717) is 11.4 Å². The molecule has 1 heterocycles. The maximum absolute atomic E-state index is 13.4. The molecule has 0 aliphatic rings. The van der Waals surface area contributed by atoms with Crippen molar-refractivity contribution in [3.05, 3.63) is 46.9 Å². The number of nitrogen functional groups attached to an aromatic ring is 1. The van der Waals surface area contributed by atoms with Crippen LogP contribution in [0.15, 0.2) is 30.3 Å². The predicted octanol–water partition coefficient (Wildman–Crippen LogP) is 3.07. The number of anilines is 3. The lowest BCUT2D eigenvalue weighted by Crippen LogP contribution is -2.01.